The molecule has 1 aliphatic carbocycles. The predicted octanol–water partition coefficient (Wildman–Crippen LogP) is 2.17. The number of hydrogen-bond acceptors (Lipinski definition) is 5. The van der Waals surface area contributed by atoms with Crippen molar-refractivity contribution in [3.05, 3.63) is 29.3 Å². The molecule has 0 saturated heterocycles. The van der Waals surface area contributed by atoms with Crippen LogP contribution in [0.15, 0.2) is 18.2 Å². The number of amides is 3. The zero-order chi connectivity index (χ0) is 20.9. The lowest BCUT2D eigenvalue weighted by Crippen LogP contribution is -2.43. The van der Waals surface area contributed by atoms with Gasteiger partial charge >= 0.3 is 0 Å². The molecule has 2 rings (SSSR count). The summed E-state index contributed by atoms with van der Waals surface area (Å²) in [6.45, 7) is 5.82. The first kappa shape index (κ1) is 22.8. The van der Waals surface area contributed by atoms with Gasteiger partial charge in [-0.2, -0.15) is 0 Å². The van der Waals surface area contributed by atoms with Crippen molar-refractivity contribution in [3.63, 3.8) is 0 Å². The summed E-state index contributed by atoms with van der Waals surface area (Å²) in [5, 5.41) is 6.87. The first-order valence-corrected chi connectivity index (χ1v) is 11.0. The summed E-state index contributed by atoms with van der Waals surface area (Å²) in [5.74, 6) is 5.16. The average Bonchev–Trinajstić information content (AvgIpc) is 2.96. The van der Waals surface area contributed by atoms with Gasteiger partial charge in [-0.05, 0) is 56.4 Å². The minimum Gasteiger partial charge on any atom is -0.325 e. The molecule has 0 heterocycles. The molecule has 154 valence electrons. The number of carbonyl (C=O) groups excluding carboxylic acids is 3. The maximum absolute atomic E-state index is 12.6. The van der Waals surface area contributed by atoms with Gasteiger partial charge in [0, 0.05) is 22.6 Å². The number of benzene rings is 1. The van der Waals surface area contributed by atoms with Crippen LogP contribution in [0.5, 0.6) is 0 Å². The van der Waals surface area contributed by atoms with Crippen molar-refractivity contribution in [2.45, 2.75) is 52.5 Å². The van der Waals surface area contributed by atoms with Crippen LogP contribution in [0, 0.1) is 5.41 Å². The zero-order valence-corrected chi connectivity index (χ0v) is 18.8. The second kappa shape index (κ2) is 9.80. The first-order chi connectivity index (χ1) is 13.1. The van der Waals surface area contributed by atoms with Crippen molar-refractivity contribution < 1.29 is 14.4 Å². The highest BCUT2D eigenvalue weighted by Gasteiger charge is 2.40. The lowest BCUT2D eigenvalue weighted by atomic mass is 9.86. The smallest absolute Gasteiger partial charge is 0.240 e. The molecule has 0 saturated carbocycles. The van der Waals surface area contributed by atoms with Crippen LogP contribution in [0.2, 0.25) is 0 Å². The van der Waals surface area contributed by atoms with E-state index in [2.05, 4.69) is 33.2 Å². The van der Waals surface area contributed by atoms with Crippen LogP contribution in [0.3, 0.4) is 0 Å². The van der Waals surface area contributed by atoms with Gasteiger partial charge in [-0.15, -0.1) is 0 Å². The molecule has 1 aliphatic rings. The Bertz CT molecular complexity index is 753. The minimum absolute atomic E-state index is 0.0737. The third-order valence-corrected chi connectivity index (χ3v) is 5.74. The Balaban J connectivity index is 1.99. The fourth-order valence-corrected chi connectivity index (χ4v) is 3.60. The summed E-state index contributed by atoms with van der Waals surface area (Å²) in [6.07, 6.45) is 2.23. The molecule has 1 aromatic rings. The van der Waals surface area contributed by atoms with Crippen LogP contribution < -0.4 is 16.5 Å². The number of hydrazine groups is 1. The molecule has 0 radical (unpaired) electrons. The van der Waals surface area contributed by atoms with Crippen molar-refractivity contribution in [1.29, 1.82) is 0 Å². The summed E-state index contributed by atoms with van der Waals surface area (Å²) in [6, 6.07) is 5.75. The van der Waals surface area contributed by atoms with E-state index in [1.54, 1.807) is 0 Å². The molecule has 0 aliphatic heterocycles. The number of fused-ring (bicyclic) bond motifs is 1. The molecule has 4 N–H and O–H groups in total. The van der Waals surface area contributed by atoms with Gasteiger partial charge in [-0.25, -0.2) is 5.01 Å². The van der Waals surface area contributed by atoms with Gasteiger partial charge in [0.1, 0.15) is 0 Å². The Morgan fingerprint density at radius 3 is 2.54 bits per heavy atom. The van der Waals surface area contributed by atoms with E-state index in [1.807, 2.05) is 39.0 Å². The van der Waals surface area contributed by atoms with Crippen LogP contribution >= 0.6 is 22.6 Å². The highest BCUT2D eigenvalue weighted by atomic mass is 127. The largest absolute Gasteiger partial charge is 0.325 e. The molecule has 0 fully saturated rings. The molecule has 0 bridgehead atoms. The summed E-state index contributed by atoms with van der Waals surface area (Å²) in [4.78, 5) is 36.7. The molecule has 0 aromatic heterocycles. The van der Waals surface area contributed by atoms with Crippen LogP contribution in [-0.4, -0.2) is 39.7 Å². The molecule has 0 spiro atoms. The van der Waals surface area contributed by atoms with E-state index in [0.717, 1.165) is 22.0 Å². The number of hydrogen-bond donors (Lipinski definition) is 3. The van der Waals surface area contributed by atoms with Crippen molar-refractivity contribution in [1.82, 2.24) is 10.3 Å². The number of nitrogens with two attached hydrogens (primary N) is 1. The van der Waals surface area contributed by atoms with Gasteiger partial charge in [0.05, 0.1) is 12.0 Å². The minimum atomic E-state index is -0.656. The summed E-state index contributed by atoms with van der Waals surface area (Å²) in [7, 11) is 0. The number of nitrogens with one attached hydrogen (secondary N) is 2. The van der Waals surface area contributed by atoms with E-state index in [1.165, 1.54) is 5.01 Å². The Morgan fingerprint density at radius 1 is 1.21 bits per heavy atom. The highest BCUT2D eigenvalue weighted by Crippen LogP contribution is 2.38. The van der Waals surface area contributed by atoms with Crippen molar-refractivity contribution >= 4 is 46.0 Å². The van der Waals surface area contributed by atoms with E-state index < -0.39 is 5.41 Å². The molecular formula is C20H29IN4O3. The molecule has 1 aromatic carbocycles. The van der Waals surface area contributed by atoms with Crippen molar-refractivity contribution in [3.8, 4) is 0 Å². The topological polar surface area (TPSA) is 105 Å². The van der Waals surface area contributed by atoms with Gasteiger partial charge in [0.25, 0.3) is 0 Å². The zero-order valence-electron chi connectivity index (χ0n) is 16.7. The number of imide groups is 1. The summed E-state index contributed by atoms with van der Waals surface area (Å²) >= 11 is 2.21. The third kappa shape index (κ3) is 5.99. The first-order valence-electron chi connectivity index (χ1n) is 9.48. The molecule has 3 amide bonds. The average molecular weight is 500 g/mol. The number of nitrogens with zero attached hydrogens (tertiary/aromatic N) is 1. The SMILES string of the molecule is CC(C)N(N)CC(=O)Nc1ccc2c(c1)CC(C)(C(=O)NC(=O)CCCI)C2. The quantitative estimate of drug-likeness (QED) is 0.220. The molecular weight excluding hydrogens is 471 g/mol. The van der Waals surface area contributed by atoms with Crippen LogP contribution in [0.25, 0.3) is 0 Å². The standard InChI is InChI=1S/C20H29IN4O3/c1-13(2)25(22)12-18(27)23-16-7-6-14-10-20(3,11-15(14)9-16)19(28)24-17(26)5-4-8-21/h6-7,9,13H,4-5,8,10-12,22H2,1-3H3,(H,23,27)(H,24,26,28). The van der Waals surface area contributed by atoms with E-state index in [4.69, 9.17) is 5.84 Å². The van der Waals surface area contributed by atoms with Gasteiger partial charge < -0.3 is 5.32 Å². The summed E-state index contributed by atoms with van der Waals surface area (Å²) in [5.41, 5.74) is 2.11. The number of halogens is 1. The van der Waals surface area contributed by atoms with Crippen LogP contribution in [0.1, 0.15) is 44.7 Å². The summed E-state index contributed by atoms with van der Waals surface area (Å²) < 4.78 is 0.885. The van der Waals surface area contributed by atoms with E-state index in [9.17, 15) is 14.4 Å². The fourth-order valence-electron chi connectivity index (χ4n) is 3.22. The lowest BCUT2D eigenvalue weighted by molar-refractivity contribution is -0.136. The Labute approximate surface area is 179 Å². The highest BCUT2D eigenvalue weighted by molar-refractivity contribution is 14.1. The normalized spacial score (nSPS) is 18.2. The number of carbonyl (C=O) groups is 3. The van der Waals surface area contributed by atoms with E-state index in [0.29, 0.717) is 24.9 Å². The fraction of sp³-hybridized carbons (Fsp3) is 0.550. The third-order valence-electron chi connectivity index (χ3n) is 4.98. The number of alkyl halides is 1. The second-order valence-corrected chi connectivity index (χ2v) is 8.96. The van der Waals surface area contributed by atoms with Crippen LogP contribution in [-0.2, 0) is 27.2 Å². The maximum Gasteiger partial charge on any atom is 0.240 e. The molecule has 7 nitrogen and oxygen atoms in total. The van der Waals surface area contributed by atoms with Crippen molar-refractivity contribution in [2.75, 3.05) is 16.3 Å². The van der Waals surface area contributed by atoms with Gasteiger partial charge in [-0.3, -0.25) is 25.5 Å². The molecule has 1 unspecified atom stereocenters. The Morgan fingerprint density at radius 2 is 1.89 bits per heavy atom. The molecule has 8 heteroatoms. The number of rotatable bonds is 8. The van der Waals surface area contributed by atoms with E-state index in [-0.39, 0.29) is 30.3 Å². The van der Waals surface area contributed by atoms with Crippen LogP contribution in [0.4, 0.5) is 5.69 Å². The Hall–Kier alpha value is -1.52. The Kier molecular flexibility index (Phi) is 7.97. The van der Waals surface area contributed by atoms with E-state index >= 15 is 0 Å². The lowest BCUT2D eigenvalue weighted by Gasteiger charge is -2.21. The van der Waals surface area contributed by atoms with Gasteiger partial charge in [-0.1, -0.05) is 35.6 Å². The predicted molar refractivity (Wildman–Crippen MR) is 118 cm³/mol. The second-order valence-electron chi connectivity index (χ2n) is 7.88. The molecule has 28 heavy (non-hydrogen) atoms. The number of anilines is 1. The molecule has 1 atom stereocenters. The van der Waals surface area contributed by atoms with Crippen molar-refractivity contribution in [2.24, 2.45) is 11.3 Å². The maximum atomic E-state index is 12.6. The monoisotopic (exact) mass is 500 g/mol. The van der Waals surface area contributed by atoms with Gasteiger partial charge in [0.15, 0.2) is 0 Å². The van der Waals surface area contributed by atoms with Gasteiger partial charge in [0.2, 0.25) is 17.7 Å².